The Hall–Kier alpha value is -0.0369. The summed E-state index contributed by atoms with van der Waals surface area (Å²) in [7, 11) is 0. The van der Waals surface area contributed by atoms with Gasteiger partial charge >= 0.3 is 27.5 Å². The molecule has 1 rings (SSSR count). The van der Waals surface area contributed by atoms with E-state index < -0.39 is 0 Å². The Balaban J connectivity index is 0. The van der Waals surface area contributed by atoms with Crippen LogP contribution in [0, 0.1) is 0 Å². The quantitative estimate of drug-likeness (QED) is 0.541. The van der Waals surface area contributed by atoms with E-state index in [1.807, 2.05) is 0 Å². The molecule has 0 amide bonds. The molecular formula is C13H22FOZr-. The molecule has 0 aliphatic carbocycles. The van der Waals surface area contributed by atoms with Gasteiger partial charge in [-0.25, -0.2) is 12.1 Å². The molecule has 0 saturated carbocycles. The van der Waals surface area contributed by atoms with Gasteiger partial charge in [-0.1, -0.05) is 51.9 Å². The van der Waals surface area contributed by atoms with E-state index in [1.165, 1.54) is 50.5 Å². The summed E-state index contributed by atoms with van der Waals surface area (Å²) in [6.45, 7) is 2.27. The predicted octanol–water partition coefficient (Wildman–Crippen LogP) is 4.34. The molecule has 0 atom stereocenters. The zero-order chi connectivity index (χ0) is 11.4. The van der Waals surface area contributed by atoms with Gasteiger partial charge < -0.3 is 0 Å². The molecule has 0 bridgehead atoms. The number of rotatable bonds is 7. The summed E-state index contributed by atoms with van der Waals surface area (Å²) in [6, 6.07) is 8.72. The van der Waals surface area contributed by atoms with Gasteiger partial charge in [-0.3, -0.25) is 4.70 Å². The molecule has 0 aliphatic rings. The second kappa shape index (κ2) is 15.0. The van der Waals surface area contributed by atoms with Crippen molar-refractivity contribution in [1.82, 2.24) is 0 Å². The molecule has 0 saturated heterocycles. The number of unbranched alkanes of at least 4 members (excludes halogenated alkanes) is 5. The van der Waals surface area contributed by atoms with Crippen LogP contribution in [-0.2, 0) is 34.0 Å². The van der Waals surface area contributed by atoms with Crippen molar-refractivity contribution in [3.05, 3.63) is 29.8 Å². The van der Waals surface area contributed by atoms with Crippen molar-refractivity contribution < 1.29 is 32.2 Å². The van der Waals surface area contributed by atoms with Gasteiger partial charge in [0.05, 0.1) is 0 Å². The number of aryl methyl sites for hydroxylation is 1. The van der Waals surface area contributed by atoms with E-state index in [9.17, 15) is 0 Å². The van der Waals surface area contributed by atoms with Crippen LogP contribution in [0.3, 0.4) is 0 Å². The summed E-state index contributed by atoms with van der Waals surface area (Å²) in [5.74, 6) is 0. The fourth-order valence-corrected chi connectivity index (χ4v) is 1.69. The second-order valence-corrected chi connectivity index (χ2v) is 3.81. The summed E-state index contributed by atoms with van der Waals surface area (Å²) in [4.78, 5) is 0. The first kappa shape index (κ1) is 18.3. The molecule has 0 spiro atoms. The molecule has 1 aromatic carbocycles. The van der Waals surface area contributed by atoms with E-state index in [1.54, 1.807) is 0 Å². The Kier molecular flexibility index (Phi) is 17.1. The minimum absolute atomic E-state index is 0. The molecular weight excluding hydrogens is 282 g/mol. The van der Waals surface area contributed by atoms with Gasteiger partial charge in [-0.2, -0.15) is 17.7 Å². The molecule has 0 fully saturated rings. The van der Waals surface area contributed by atoms with Crippen molar-refractivity contribution in [3.8, 4) is 0 Å². The molecule has 1 nitrogen and oxygen atoms in total. The van der Waals surface area contributed by atoms with Gasteiger partial charge in [0.15, 0.2) is 0 Å². The first-order chi connectivity index (χ1) is 7.43. The van der Waals surface area contributed by atoms with E-state index in [-0.39, 0.29) is 4.70 Å². The molecule has 0 aliphatic heterocycles. The van der Waals surface area contributed by atoms with Crippen LogP contribution in [0.15, 0.2) is 24.3 Å². The van der Waals surface area contributed by atoms with Crippen LogP contribution < -0.4 is 0 Å². The van der Waals surface area contributed by atoms with E-state index in [4.69, 9.17) is 2.81 Å². The molecule has 3 heteroatoms. The van der Waals surface area contributed by atoms with E-state index in [0.29, 0.717) is 24.7 Å². The minimum atomic E-state index is 0. The molecule has 16 heavy (non-hydrogen) atoms. The Morgan fingerprint density at radius 3 is 2.00 bits per heavy atom. The SMILES string of the molecule is CCCCCCCC[c-]1cccc1.F.[O]=[Zr]. The second-order valence-electron chi connectivity index (χ2n) is 3.81. The van der Waals surface area contributed by atoms with Gasteiger partial charge in [0.25, 0.3) is 0 Å². The maximum absolute atomic E-state index is 8.34. The Bertz CT molecular complexity index is 212. The molecule has 0 unspecified atom stereocenters. The number of hydrogen-bond acceptors (Lipinski definition) is 1. The van der Waals surface area contributed by atoms with Crippen LogP contribution in [-0.4, -0.2) is 0 Å². The van der Waals surface area contributed by atoms with Crippen LogP contribution in [0.25, 0.3) is 0 Å². The molecule has 0 radical (unpaired) electrons. The molecule has 1 aromatic rings. The standard InChI is InChI=1S/C13H21.FH.O.Zr/c1-2-3-4-5-6-7-10-13-11-8-9-12-13;;;/h8-9,11-12H,2-7,10H2,1H3;1H;;/q-1;;;. The fraction of sp³-hybridized carbons (Fsp3) is 0.615. The Morgan fingerprint density at radius 2 is 1.44 bits per heavy atom. The molecule has 92 valence electrons. The number of hydrogen-bond donors (Lipinski definition) is 0. The first-order valence-corrected chi connectivity index (χ1v) is 6.85. The van der Waals surface area contributed by atoms with Crippen LogP contribution in [0.1, 0.15) is 51.0 Å². The normalized spacial score (nSPS) is 8.75. The maximum atomic E-state index is 8.34. The summed E-state index contributed by atoms with van der Waals surface area (Å²) in [6.07, 6.45) is 9.67. The van der Waals surface area contributed by atoms with Crippen molar-refractivity contribution in [2.75, 3.05) is 0 Å². The summed E-state index contributed by atoms with van der Waals surface area (Å²) in [5, 5.41) is 0. The Morgan fingerprint density at radius 1 is 0.938 bits per heavy atom. The van der Waals surface area contributed by atoms with Gasteiger partial charge in [-0.15, -0.1) is 0 Å². The van der Waals surface area contributed by atoms with E-state index in [2.05, 4.69) is 31.2 Å². The summed E-state index contributed by atoms with van der Waals surface area (Å²) >= 11 is 0.300. The summed E-state index contributed by atoms with van der Waals surface area (Å²) < 4.78 is 8.34. The Labute approximate surface area is 114 Å². The zero-order valence-corrected chi connectivity index (χ0v) is 12.5. The van der Waals surface area contributed by atoms with Gasteiger partial charge in [-0.05, 0) is 0 Å². The zero-order valence-electron chi connectivity index (χ0n) is 10.1. The van der Waals surface area contributed by atoms with E-state index in [0.717, 1.165) is 0 Å². The molecule has 0 aromatic heterocycles. The van der Waals surface area contributed by atoms with Gasteiger partial charge in [0.2, 0.25) is 0 Å². The number of halogens is 1. The monoisotopic (exact) mass is 303 g/mol. The van der Waals surface area contributed by atoms with Crippen LogP contribution in [0.5, 0.6) is 0 Å². The van der Waals surface area contributed by atoms with Crippen molar-refractivity contribution in [1.29, 1.82) is 0 Å². The third-order valence-corrected chi connectivity index (χ3v) is 2.55. The topological polar surface area (TPSA) is 17.1 Å². The third kappa shape index (κ3) is 10.5. The van der Waals surface area contributed by atoms with Crippen molar-refractivity contribution in [2.45, 2.75) is 51.9 Å². The van der Waals surface area contributed by atoms with E-state index >= 15 is 0 Å². The third-order valence-electron chi connectivity index (χ3n) is 2.55. The fourth-order valence-electron chi connectivity index (χ4n) is 1.69. The first-order valence-electron chi connectivity index (χ1n) is 5.84. The average molecular weight is 305 g/mol. The summed E-state index contributed by atoms with van der Waals surface area (Å²) in [5.41, 5.74) is 1.51. The predicted molar refractivity (Wildman–Crippen MR) is 62.3 cm³/mol. The molecule has 0 N–H and O–H groups in total. The van der Waals surface area contributed by atoms with Crippen molar-refractivity contribution in [3.63, 3.8) is 0 Å². The van der Waals surface area contributed by atoms with Gasteiger partial charge in [0, 0.05) is 0 Å². The van der Waals surface area contributed by atoms with Gasteiger partial charge in [0.1, 0.15) is 0 Å². The van der Waals surface area contributed by atoms with Crippen LogP contribution in [0.4, 0.5) is 4.70 Å². The van der Waals surface area contributed by atoms with Crippen LogP contribution in [0.2, 0.25) is 0 Å². The van der Waals surface area contributed by atoms with Crippen molar-refractivity contribution in [2.24, 2.45) is 0 Å². The molecule has 0 heterocycles. The average Bonchev–Trinajstić information content (AvgIpc) is 2.79. The van der Waals surface area contributed by atoms with Crippen LogP contribution >= 0.6 is 0 Å². The van der Waals surface area contributed by atoms with Crippen molar-refractivity contribution >= 4 is 0 Å².